The van der Waals surface area contributed by atoms with E-state index in [9.17, 15) is 43.5 Å². The molecule has 0 aliphatic carbocycles. The van der Waals surface area contributed by atoms with Gasteiger partial charge in [-0.15, -0.1) is 0 Å². The lowest BCUT2D eigenvalue weighted by atomic mass is 10.1. The molecule has 0 saturated heterocycles. The van der Waals surface area contributed by atoms with Crippen molar-refractivity contribution >= 4 is 33.6 Å². The maximum absolute atomic E-state index is 12.9. The number of hydrogen-bond acceptors (Lipinski definition) is 14. The van der Waals surface area contributed by atoms with Crippen molar-refractivity contribution in [2.24, 2.45) is 0 Å². The minimum atomic E-state index is -4.93. The smallest absolute Gasteiger partial charge is 0.463 e. The van der Waals surface area contributed by atoms with Gasteiger partial charge in [0.05, 0.1) is 26.4 Å². The molecule has 16 nitrogen and oxygen atoms in total. The molecule has 526 valence electrons. The van der Waals surface area contributed by atoms with E-state index in [4.69, 9.17) is 32.3 Å². The molecule has 4 N–H and O–H groups in total. The Morgan fingerprint density at radius 3 is 0.901 bits per heavy atom. The van der Waals surface area contributed by atoms with Crippen molar-refractivity contribution in [2.75, 3.05) is 39.6 Å². The summed E-state index contributed by atoms with van der Waals surface area (Å²) >= 11 is 0. The summed E-state index contributed by atoms with van der Waals surface area (Å²) in [5.74, 6) is -1.61. The van der Waals surface area contributed by atoms with Gasteiger partial charge in [0.1, 0.15) is 25.4 Å². The van der Waals surface area contributed by atoms with Crippen LogP contribution < -0.4 is 0 Å². The van der Waals surface area contributed by atoms with Gasteiger partial charge in [0.15, 0.2) is 6.10 Å². The van der Waals surface area contributed by atoms with Crippen LogP contribution in [0.25, 0.3) is 0 Å². The van der Waals surface area contributed by atoms with Crippen LogP contribution in [-0.2, 0) is 55.8 Å². The lowest BCUT2D eigenvalue weighted by Crippen LogP contribution is -2.30. The van der Waals surface area contributed by atoms with E-state index in [0.29, 0.717) is 19.3 Å². The van der Waals surface area contributed by atoms with Crippen molar-refractivity contribution in [3.63, 3.8) is 0 Å². The normalized spacial score (nSPS) is 14.8. The molecule has 0 amide bonds. The van der Waals surface area contributed by atoms with Crippen molar-refractivity contribution in [1.29, 1.82) is 0 Å². The van der Waals surface area contributed by atoms with E-state index in [1.54, 1.807) is 0 Å². The summed E-state index contributed by atoms with van der Waals surface area (Å²) < 4.78 is 60.9. The van der Waals surface area contributed by atoms with Crippen molar-refractivity contribution in [2.45, 2.75) is 309 Å². The quantitative estimate of drug-likeness (QED) is 0.0146. The Kier molecular flexibility index (Phi) is 63.9. The molecule has 0 radical (unpaired) electrons. The van der Waals surface area contributed by atoms with Crippen molar-refractivity contribution in [1.82, 2.24) is 0 Å². The minimum absolute atomic E-state index is 0.0908. The highest BCUT2D eigenvalue weighted by molar-refractivity contribution is 7.47. The number of allylic oxidation sites excluding steroid dienone is 16. The molecule has 0 heterocycles. The van der Waals surface area contributed by atoms with Gasteiger partial charge in [-0.3, -0.25) is 32.5 Å². The Labute approximate surface area is 552 Å². The van der Waals surface area contributed by atoms with E-state index in [-0.39, 0.29) is 19.3 Å². The van der Waals surface area contributed by atoms with Gasteiger partial charge in [-0.1, -0.05) is 240 Å². The predicted molar refractivity (Wildman–Crippen MR) is 371 cm³/mol. The number of esters is 3. The van der Waals surface area contributed by atoms with E-state index in [2.05, 4.69) is 118 Å². The molecule has 0 aliphatic rings. The molecule has 0 aromatic heterocycles. The summed E-state index contributed by atoms with van der Waals surface area (Å²) in [5.41, 5.74) is 0. The summed E-state index contributed by atoms with van der Waals surface area (Å²) in [6.45, 7) is 2.57. The first-order chi connectivity index (χ1) is 44.2. The summed E-state index contributed by atoms with van der Waals surface area (Å²) in [5, 5.41) is 20.6. The molecule has 0 aromatic carbocycles. The third kappa shape index (κ3) is 67.7. The van der Waals surface area contributed by atoms with Gasteiger partial charge >= 0.3 is 33.6 Å². The van der Waals surface area contributed by atoms with Gasteiger partial charge in [-0.2, -0.15) is 0 Å². The highest BCUT2D eigenvalue weighted by atomic mass is 31.2. The summed E-state index contributed by atoms with van der Waals surface area (Å²) in [7, 11) is -9.79. The molecule has 0 saturated carbocycles. The third-order valence-electron chi connectivity index (χ3n) is 14.8. The monoisotopic (exact) mass is 1320 g/mol. The Hall–Kier alpha value is -3.53. The van der Waals surface area contributed by atoms with E-state index in [1.807, 2.05) is 0 Å². The molecular weight excluding hydrogens is 1190 g/mol. The van der Waals surface area contributed by atoms with E-state index < -0.39 is 91.5 Å². The number of aliphatic hydroxyl groups excluding tert-OH is 2. The molecule has 18 heteroatoms. The van der Waals surface area contributed by atoms with Crippen LogP contribution in [-0.4, -0.2) is 95.9 Å². The molecule has 0 aliphatic heterocycles. The number of carbonyl (C=O) groups excluding carboxylic acids is 3. The van der Waals surface area contributed by atoms with Gasteiger partial charge in [0, 0.05) is 19.3 Å². The average molecular weight is 1320 g/mol. The number of rotatable bonds is 67. The van der Waals surface area contributed by atoms with Crippen LogP contribution in [0, 0.1) is 0 Å². The third-order valence-corrected chi connectivity index (χ3v) is 16.7. The lowest BCUT2D eigenvalue weighted by molar-refractivity contribution is -0.161. The first-order valence-corrected chi connectivity index (χ1v) is 38.5. The van der Waals surface area contributed by atoms with Gasteiger partial charge < -0.3 is 34.2 Å². The highest BCUT2D eigenvalue weighted by Gasteiger charge is 2.29. The van der Waals surface area contributed by atoms with Crippen molar-refractivity contribution in [3.05, 3.63) is 97.2 Å². The second-order valence-corrected chi connectivity index (χ2v) is 26.6. The van der Waals surface area contributed by atoms with E-state index in [1.165, 1.54) is 83.5 Å². The van der Waals surface area contributed by atoms with Gasteiger partial charge in [-0.05, 0) is 128 Å². The van der Waals surface area contributed by atoms with E-state index >= 15 is 0 Å². The van der Waals surface area contributed by atoms with Crippen LogP contribution in [0.5, 0.6) is 0 Å². The summed E-state index contributed by atoms with van der Waals surface area (Å²) in [6.07, 6.45) is 73.0. The van der Waals surface area contributed by atoms with E-state index in [0.717, 1.165) is 148 Å². The first-order valence-electron chi connectivity index (χ1n) is 35.5. The van der Waals surface area contributed by atoms with Crippen LogP contribution in [0.1, 0.15) is 290 Å². The molecule has 0 bridgehead atoms. The fourth-order valence-electron chi connectivity index (χ4n) is 9.26. The van der Waals surface area contributed by atoms with Crippen LogP contribution >= 0.6 is 15.6 Å². The number of unbranched alkanes of at least 4 members (excludes halogenated alkanes) is 28. The predicted octanol–water partition coefficient (Wildman–Crippen LogP) is 19.9. The molecule has 0 rings (SSSR count). The van der Waals surface area contributed by atoms with Gasteiger partial charge in [-0.25, -0.2) is 9.13 Å². The van der Waals surface area contributed by atoms with Gasteiger partial charge in [0.2, 0.25) is 0 Å². The number of carbonyl (C=O) groups is 3. The second kappa shape index (κ2) is 66.5. The second-order valence-electron chi connectivity index (χ2n) is 23.7. The number of phosphoric ester groups is 2. The molecule has 0 fully saturated rings. The zero-order valence-electron chi connectivity index (χ0n) is 57.0. The maximum Gasteiger partial charge on any atom is 0.472 e. The largest absolute Gasteiger partial charge is 0.472 e. The molecule has 0 spiro atoms. The highest BCUT2D eigenvalue weighted by Crippen LogP contribution is 2.45. The summed E-state index contributed by atoms with van der Waals surface area (Å²) in [4.78, 5) is 58.4. The summed E-state index contributed by atoms with van der Waals surface area (Å²) in [6, 6.07) is 0. The zero-order chi connectivity index (χ0) is 66.7. The van der Waals surface area contributed by atoms with Crippen molar-refractivity contribution in [3.8, 4) is 0 Å². The van der Waals surface area contributed by atoms with Crippen LogP contribution in [0.15, 0.2) is 97.2 Å². The fraction of sp³-hybridized carbons (Fsp3) is 0.740. The lowest BCUT2D eigenvalue weighted by Gasteiger charge is -2.21. The van der Waals surface area contributed by atoms with Crippen LogP contribution in [0.2, 0.25) is 0 Å². The Morgan fingerprint density at radius 1 is 0.308 bits per heavy atom. The van der Waals surface area contributed by atoms with Crippen molar-refractivity contribution < 1.29 is 75.8 Å². The van der Waals surface area contributed by atoms with Crippen LogP contribution in [0.4, 0.5) is 0 Å². The molecule has 5 atom stereocenters. The molecular formula is C73H128O16P2. The molecule has 91 heavy (non-hydrogen) atoms. The molecule has 5 unspecified atom stereocenters. The van der Waals surface area contributed by atoms with Gasteiger partial charge in [0.25, 0.3) is 0 Å². The standard InChI is InChI=1S/C73H128O16P2/c1-4-7-10-13-16-19-22-25-28-30-32-33-35-37-39-41-44-47-50-53-56-59-71(76)83-62-68(74)63-85-90(79,80)86-64-69(75)65-87-91(81,82)88-67-70(89-73(78)61-58-55-52-49-46-43-38-27-24-21-18-15-12-9-6-3)66-84-72(77)60-57-54-51-48-45-42-40-36-34-31-29-26-23-20-17-14-11-8-5-2/h16-17,19-20,25-29,32-34,36-39,68-70,74-75H,4-15,18,21-24,30-31,35,40-67H2,1-3H3,(H,79,80)(H,81,82)/b19-16-,20-17-,28-25-,29-26-,33-32-,36-34-,38-27-,39-37-. The topological polar surface area (TPSA) is 231 Å². The molecule has 0 aromatic rings. The first kappa shape index (κ1) is 87.5. The Bertz CT molecular complexity index is 2050. The maximum atomic E-state index is 12.9. The number of ether oxygens (including phenoxy) is 3. The average Bonchev–Trinajstić information content (AvgIpc) is 3.09. The number of phosphoric acid groups is 2. The SMILES string of the molecule is CCCCC/C=C\C/C=C\C/C=C\C/C=C\CCCCCCCC(=O)OCC(O)COP(=O)(O)OCC(O)COP(=O)(O)OCC(COC(=O)CCCCCCCC/C=C\C/C=C\C/C=C\CCCCC)OC(=O)CCCCCCC/C=C\CCCCCCCC. The number of hydrogen-bond donors (Lipinski definition) is 4. The fourth-order valence-corrected chi connectivity index (χ4v) is 10.8. The Morgan fingerprint density at radius 2 is 0.549 bits per heavy atom. The Balaban J connectivity index is 4.69. The number of aliphatic hydroxyl groups is 2. The minimum Gasteiger partial charge on any atom is -0.463 e. The van der Waals surface area contributed by atoms with Crippen LogP contribution in [0.3, 0.4) is 0 Å². The zero-order valence-corrected chi connectivity index (χ0v) is 58.8.